The molecule has 3 rings (SSSR count). The lowest BCUT2D eigenvalue weighted by atomic mass is 10.1. The van der Waals surface area contributed by atoms with Crippen LogP contribution in [0.2, 0.25) is 0 Å². The minimum Gasteiger partial charge on any atom is -0.383 e. The standard InChI is InChI=1S/C16H14FN3/c1-11-15(12-6-3-2-4-7-12)16(18)20(19-11)14-9-5-8-13(17)10-14/h2-10H,18H2,1H3. The van der Waals surface area contributed by atoms with Crippen molar-refractivity contribution in [2.45, 2.75) is 6.92 Å². The van der Waals surface area contributed by atoms with Gasteiger partial charge in [0, 0.05) is 5.56 Å². The molecule has 3 aromatic rings. The number of halogens is 1. The number of hydrogen-bond acceptors (Lipinski definition) is 2. The summed E-state index contributed by atoms with van der Waals surface area (Å²) in [4.78, 5) is 0. The molecule has 0 amide bonds. The Morgan fingerprint density at radius 2 is 1.80 bits per heavy atom. The summed E-state index contributed by atoms with van der Waals surface area (Å²) in [5, 5.41) is 4.42. The topological polar surface area (TPSA) is 43.8 Å². The first-order chi connectivity index (χ1) is 9.66. The number of rotatable bonds is 2. The van der Waals surface area contributed by atoms with E-state index in [4.69, 9.17) is 5.73 Å². The Balaban J connectivity index is 2.17. The van der Waals surface area contributed by atoms with Gasteiger partial charge in [-0.1, -0.05) is 36.4 Å². The highest BCUT2D eigenvalue weighted by Gasteiger charge is 2.15. The molecule has 0 radical (unpaired) electrons. The maximum Gasteiger partial charge on any atom is 0.135 e. The second-order valence-corrected chi connectivity index (χ2v) is 4.60. The molecule has 0 saturated carbocycles. The van der Waals surface area contributed by atoms with E-state index >= 15 is 0 Å². The third-order valence-corrected chi connectivity index (χ3v) is 3.21. The molecule has 0 aliphatic rings. The zero-order valence-corrected chi connectivity index (χ0v) is 11.0. The molecule has 0 fully saturated rings. The predicted octanol–water partition coefficient (Wildman–Crippen LogP) is 3.57. The van der Waals surface area contributed by atoms with E-state index in [2.05, 4.69) is 5.10 Å². The van der Waals surface area contributed by atoms with Crippen molar-refractivity contribution in [1.82, 2.24) is 9.78 Å². The first-order valence-corrected chi connectivity index (χ1v) is 6.33. The predicted molar refractivity (Wildman–Crippen MR) is 78.1 cm³/mol. The van der Waals surface area contributed by atoms with E-state index < -0.39 is 0 Å². The van der Waals surface area contributed by atoms with Gasteiger partial charge in [-0.3, -0.25) is 0 Å². The van der Waals surface area contributed by atoms with E-state index in [1.807, 2.05) is 37.3 Å². The van der Waals surface area contributed by atoms with Crippen LogP contribution in [0.4, 0.5) is 10.2 Å². The third-order valence-electron chi connectivity index (χ3n) is 3.21. The average Bonchev–Trinajstić information content (AvgIpc) is 2.75. The van der Waals surface area contributed by atoms with Gasteiger partial charge >= 0.3 is 0 Å². The minimum absolute atomic E-state index is 0.309. The monoisotopic (exact) mass is 267 g/mol. The fraction of sp³-hybridized carbons (Fsp3) is 0.0625. The lowest BCUT2D eigenvalue weighted by Crippen LogP contribution is -2.02. The molecular weight excluding hydrogens is 253 g/mol. The van der Waals surface area contributed by atoms with Crippen LogP contribution >= 0.6 is 0 Å². The molecule has 2 aromatic carbocycles. The van der Waals surface area contributed by atoms with Crippen molar-refractivity contribution in [3.63, 3.8) is 0 Å². The smallest absolute Gasteiger partial charge is 0.135 e. The Hall–Kier alpha value is -2.62. The maximum absolute atomic E-state index is 13.3. The number of anilines is 1. The number of aromatic nitrogens is 2. The third kappa shape index (κ3) is 2.05. The van der Waals surface area contributed by atoms with Crippen LogP contribution in [0.15, 0.2) is 54.6 Å². The number of benzene rings is 2. The van der Waals surface area contributed by atoms with Gasteiger partial charge in [-0.05, 0) is 30.7 Å². The largest absolute Gasteiger partial charge is 0.383 e. The maximum atomic E-state index is 13.3. The highest BCUT2D eigenvalue weighted by Crippen LogP contribution is 2.30. The molecule has 20 heavy (non-hydrogen) atoms. The Kier molecular flexibility index (Phi) is 2.99. The highest BCUT2D eigenvalue weighted by atomic mass is 19.1. The van der Waals surface area contributed by atoms with Crippen LogP contribution in [0.3, 0.4) is 0 Å². The van der Waals surface area contributed by atoms with Crippen LogP contribution in [-0.4, -0.2) is 9.78 Å². The SMILES string of the molecule is Cc1nn(-c2cccc(F)c2)c(N)c1-c1ccccc1. The molecule has 4 heteroatoms. The molecule has 0 unspecified atom stereocenters. The van der Waals surface area contributed by atoms with E-state index in [1.54, 1.807) is 16.8 Å². The normalized spacial score (nSPS) is 10.7. The molecule has 0 bridgehead atoms. The average molecular weight is 267 g/mol. The van der Waals surface area contributed by atoms with Crippen molar-refractivity contribution >= 4 is 5.82 Å². The number of nitrogens with two attached hydrogens (primary N) is 1. The molecule has 1 aromatic heterocycles. The minimum atomic E-state index is -0.309. The number of hydrogen-bond donors (Lipinski definition) is 1. The molecule has 1 heterocycles. The summed E-state index contributed by atoms with van der Waals surface area (Å²) in [7, 11) is 0. The summed E-state index contributed by atoms with van der Waals surface area (Å²) in [6.07, 6.45) is 0. The number of nitrogens with zero attached hydrogens (tertiary/aromatic N) is 2. The molecule has 0 spiro atoms. The molecule has 100 valence electrons. The van der Waals surface area contributed by atoms with Crippen LogP contribution in [0.25, 0.3) is 16.8 Å². The molecule has 0 saturated heterocycles. The van der Waals surface area contributed by atoms with Gasteiger partial charge in [0.05, 0.1) is 11.4 Å². The summed E-state index contributed by atoms with van der Waals surface area (Å²) < 4.78 is 14.9. The van der Waals surface area contributed by atoms with Gasteiger partial charge in [0.1, 0.15) is 11.6 Å². The van der Waals surface area contributed by atoms with Crippen LogP contribution in [0.5, 0.6) is 0 Å². The van der Waals surface area contributed by atoms with Crippen molar-refractivity contribution in [2.24, 2.45) is 0 Å². The second kappa shape index (κ2) is 4.81. The Labute approximate surface area is 116 Å². The zero-order valence-electron chi connectivity index (χ0n) is 11.0. The Morgan fingerprint density at radius 1 is 1.05 bits per heavy atom. The van der Waals surface area contributed by atoms with Crippen LogP contribution < -0.4 is 5.73 Å². The van der Waals surface area contributed by atoms with Crippen LogP contribution in [-0.2, 0) is 0 Å². The van der Waals surface area contributed by atoms with E-state index in [1.165, 1.54) is 12.1 Å². The van der Waals surface area contributed by atoms with Gasteiger partial charge in [0.25, 0.3) is 0 Å². The molecule has 3 nitrogen and oxygen atoms in total. The van der Waals surface area contributed by atoms with Gasteiger partial charge in [0.2, 0.25) is 0 Å². The van der Waals surface area contributed by atoms with Crippen LogP contribution in [0, 0.1) is 12.7 Å². The van der Waals surface area contributed by atoms with E-state index in [0.717, 1.165) is 16.8 Å². The highest BCUT2D eigenvalue weighted by molar-refractivity contribution is 5.77. The van der Waals surface area contributed by atoms with Crippen molar-refractivity contribution in [1.29, 1.82) is 0 Å². The second-order valence-electron chi connectivity index (χ2n) is 4.60. The molecule has 0 aliphatic heterocycles. The fourth-order valence-electron chi connectivity index (χ4n) is 2.31. The van der Waals surface area contributed by atoms with Crippen molar-refractivity contribution in [3.05, 3.63) is 66.1 Å². The quantitative estimate of drug-likeness (QED) is 0.771. The van der Waals surface area contributed by atoms with Crippen molar-refractivity contribution in [3.8, 4) is 16.8 Å². The molecule has 2 N–H and O–H groups in total. The number of aryl methyl sites for hydroxylation is 1. The molecule has 0 atom stereocenters. The van der Waals surface area contributed by atoms with Gasteiger partial charge < -0.3 is 5.73 Å². The van der Waals surface area contributed by atoms with E-state index in [0.29, 0.717) is 11.5 Å². The van der Waals surface area contributed by atoms with Crippen LogP contribution in [0.1, 0.15) is 5.69 Å². The molecule has 0 aliphatic carbocycles. The first kappa shape index (κ1) is 12.4. The van der Waals surface area contributed by atoms with Crippen molar-refractivity contribution < 1.29 is 4.39 Å². The van der Waals surface area contributed by atoms with E-state index in [9.17, 15) is 4.39 Å². The van der Waals surface area contributed by atoms with Crippen molar-refractivity contribution in [2.75, 3.05) is 5.73 Å². The Bertz CT molecular complexity index is 748. The summed E-state index contributed by atoms with van der Waals surface area (Å²) >= 11 is 0. The lowest BCUT2D eigenvalue weighted by molar-refractivity contribution is 0.625. The summed E-state index contributed by atoms with van der Waals surface area (Å²) in [6, 6.07) is 16.1. The van der Waals surface area contributed by atoms with Gasteiger partial charge in [0.15, 0.2) is 0 Å². The van der Waals surface area contributed by atoms with Gasteiger partial charge in [-0.25, -0.2) is 9.07 Å². The number of nitrogen functional groups attached to an aromatic ring is 1. The zero-order chi connectivity index (χ0) is 14.1. The Morgan fingerprint density at radius 3 is 2.50 bits per heavy atom. The van der Waals surface area contributed by atoms with Gasteiger partial charge in [-0.2, -0.15) is 5.10 Å². The summed E-state index contributed by atoms with van der Waals surface area (Å²) in [6.45, 7) is 1.90. The summed E-state index contributed by atoms with van der Waals surface area (Å²) in [5.41, 5.74) is 9.52. The van der Waals surface area contributed by atoms with Gasteiger partial charge in [-0.15, -0.1) is 0 Å². The van der Waals surface area contributed by atoms with E-state index in [-0.39, 0.29) is 5.82 Å². The summed E-state index contributed by atoms with van der Waals surface area (Å²) in [5.74, 6) is 0.204. The molecular formula is C16H14FN3. The fourth-order valence-corrected chi connectivity index (χ4v) is 2.31. The lowest BCUT2D eigenvalue weighted by Gasteiger charge is -2.05. The first-order valence-electron chi connectivity index (χ1n) is 6.33.